The predicted molar refractivity (Wildman–Crippen MR) is 288 cm³/mol. The predicted octanol–water partition coefficient (Wildman–Crippen LogP) is 18.8. The lowest BCUT2D eigenvalue weighted by atomic mass is 10.0. The van der Waals surface area contributed by atoms with E-state index in [0.29, 0.717) is 24.3 Å². The zero-order chi connectivity index (χ0) is 47.9. The van der Waals surface area contributed by atoms with Crippen molar-refractivity contribution in [1.82, 2.24) is 0 Å². The van der Waals surface area contributed by atoms with Crippen LogP contribution in [0.15, 0.2) is 128 Å². The fraction of sp³-hybridized carbons (Fsp3) is 0.627. The summed E-state index contributed by atoms with van der Waals surface area (Å²) in [6.45, 7) is 27.2. The fourth-order valence-electron chi connectivity index (χ4n) is 7.45. The van der Waals surface area contributed by atoms with Crippen LogP contribution in [0.25, 0.3) is 0 Å². The van der Waals surface area contributed by atoms with Gasteiger partial charge in [-0.3, -0.25) is 0 Å². The van der Waals surface area contributed by atoms with E-state index in [9.17, 15) is 0 Å². The third-order valence-corrected chi connectivity index (χ3v) is 12.9. The summed E-state index contributed by atoms with van der Waals surface area (Å²) in [5.41, 5.74) is 11.3. The second-order valence-corrected chi connectivity index (χ2v) is 19.8. The summed E-state index contributed by atoms with van der Waals surface area (Å²) in [5.74, 6) is 0.663. The van der Waals surface area contributed by atoms with Gasteiger partial charge in [0, 0.05) is 29.2 Å². The van der Waals surface area contributed by atoms with Crippen LogP contribution in [0.4, 0.5) is 0 Å². The van der Waals surface area contributed by atoms with Crippen LogP contribution < -0.4 is 0 Å². The number of allylic oxidation sites excluding steroid dienone is 13. The minimum atomic E-state index is -0.00706. The second kappa shape index (κ2) is 40.7. The van der Waals surface area contributed by atoms with Gasteiger partial charge in [-0.15, -0.1) is 23.4 Å². The summed E-state index contributed by atoms with van der Waals surface area (Å²) in [6, 6.07) is 10.8. The van der Waals surface area contributed by atoms with E-state index >= 15 is 0 Å². The normalized spacial score (nSPS) is 19.0. The van der Waals surface area contributed by atoms with Crippen molar-refractivity contribution >= 4 is 23.4 Å². The van der Waals surface area contributed by atoms with Crippen LogP contribution >= 0.6 is 23.4 Å². The molecule has 3 rings (SSSR count). The van der Waals surface area contributed by atoms with Gasteiger partial charge in [-0.1, -0.05) is 132 Å². The lowest BCUT2D eigenvalue weighted by Crippen LogP contribution is -2.22. The summed E-state index contributed by atoms with van der Waals surface area (Å²) in [6.07, 6.45) is 39.1. The minimum Gasteiger partial charge on any atom is -0.353 e. The fourth-order valence-corrected chi connectivity index (χ4v) is 8.87. The van der Waals surface area contributed by atoms with E-state index in [0.717, 1.165) is 96.7 Å². The summed E-state index contributed by atoms with van der Waals surface area (Å²) >= 11 is 7.62. The number of alkyl halides is 1. The Morgan fingerprint density at radius 3 is 1.37 bits per heavy atom. The molecule has 0 N–H and O–H groups in total. The van der Waals surface area contributed by atoms with Gasteiger partial charge in [0.2, 0.25) is 0 Å². The van der Waals surface area contributed by atoms with Crippen molar-refractivity contribution in [3.63, 3.8) is 0 Å². The molecule has 2 aliphatic rings. The Labute approximate surface area is 410 Å². The second-order valence-electron chi connectivity index (χ2n) is 18.3. The average molecular weight is 936 g/mol. The first kappa shape index (κ1) is 60.6. The molecule has 4 nitrogen and oxygen atoms in total. The monoisotopic (exact) mass is 935 g/mol. The number of ether oxygens (including phenoxy) is 4. The van der Waals surface area contributed by atoms with E-state index in [4.69, 9.17) is 30.5 Å². The molecule has 1 aromatic carbocycles. The van der Waals surface area contributed by atoms with Crippen LogP contribution in [0.3, 0.4) is 0 Å². The number of rotatable bonds is 27. The Balaban J connectivity index is 0.000000582. The molecule has 0 spiro atoms. The van der Waals surface area contributed by atoms with Crippen molar-refractivity contribution in [2.75, 3.05) is 32.3 Å². The van der Waals surface area contributed by atoms with Crippen LogP contribution in [-0.2, 0) is 18.9 Å². The number of hydrogen-bond acceptors (Lipinski definition) is 5. The number of thioether (sulfide) groups is 1. The highest BCUT2D eigenvalue weighted by Gasteiger charge is 2.15. The molecule has 0 aromatic heterocycles. The lowest BCUT2D eigenvalue weighted by Gasteiger charge is -2.22. The maximum absolute atomic E-state index is 5.92. The molecule has 0 bridgehead atoms. The number of hydrogen-bond donors (Lipinski definition) is 0. The van der Waals surface area contributed by atoms with Crippen molar-refractivity contribution in [3.05, 3.63) is 124 Å². The van der Waals surface area contributed by atoms with Crippen LogP contribution in [0.1, 0.15) is 192 Å². The summed E-state index contributed by atoms with van der Waals surface area (Å²) < 4.78 is 22.9. The van der Waals surface area contributed by atoms with Gasteiger partial charge in [-0.2, -0.15) is 0 Å². The van der Waals surface area contributed by atoms with E-state index in [2.05, 4.69) is 155 Å². The highest BCUT2D eigenvalue weighted by molar-refractivity contribution is 8.00. The van der Waals surface area contributed by atoms with Crippen molar-refractivity contribution < 1.29 is 18.9 Å². The number of halogens is 1. The molecule has 1 aromatic rings. The zero-order valence-electron chi connectivity index (χ0n) is 43.4. The van der Waals surface area contributed by atoms with Gasteiger partial charge in [0.25, 0.3) is 0 Å². The zero-order valence-corrected chi connectivity index (χ0v) is 45.0. The highest BCUT2D eigenvalue weighted by Crippen LogP contribution is 2.30. The van der Waals surface area contributed by atoms with Crippen LogP contribution in [0.5, 0.6) is 0 Å². The third-order valence-electron chi connectivity index (χ3n) is 11.3. The Morgan fingerprint density at radius 1 is 0.554 bits per heavy atom. The molecule has 3 unspecified atom stereocenters. The van der Waals surface area contributed by atoms with Crippen LogP contribution in [0.2, 0.25) is 0 Å². The van der Waals surface area contributed by atoms with Gasteiger partial charge in [0.15, 0.2) is 12.6 Å². The summed E-state index contributed by atoms with van der Waals surface area (Å²) in [7, 11) is 0. The van der Waals surface area contributed by atoms with E-state index < -0.39 is 0 Å². The van der Waals surface area contributed by atoms with Crippen molar-refractivity contribution in [1.29, 1.82) is 0 Å². The van der Waals surface area contributed by atoms with Crippen molar-refractivity contribution in [2.24, 2.45) is 0 Å². The molecule has 65 heavy (non-hydrogen) atoms. The summed E-state index contributed by atoms with van der Waals surface area (Å²) in [4.78, 5) is 1.34. The Morgan fingerprint density at radius 2 is 0.969 bits per heavy atom. The SMILES string of the molecule is CC/C=C(\C)CC/C=C(\C)CC(/C=C(\C)CC/C=C(\C)COC1CCCCO1)Sc1ccccc1.CC/C=C(\C)CC/C=C(\C)CCl.CC/C=C(\C)CC/C=C(\C)COC1CCCCO1. The molecule has 2 aliphatic heterocycles. The Hall–Kier alpha value is -2.38. The molecule has 2 saturated heterocycles. The minimum absolute atomic E-state index is 0.00706. The molecule has 2 fully saturated rings. The van der Waals surface area contributed by atoms with E-state index in [-0.39, 0.29) is 12.6 Å². The Bertz CT molecular complexity index is 1600. The van der Waals surface area contributed by atoms with E-state index in [1.54, 1.807) is 0 Å². The van der Waals surface area contributed by atoms with Gasteiger partial charge in [-0.05, 0) is 183 Å². The molecule has 0 amide bonds. The van der Waals surface area contributed by atoms with E-state index in [1.165, 1.54) is 81.6 Å². The molecule has 0 aliphatic carbocycles. The molecular weight excluding hydrogens is 840 g/mol. The van der Waals surface area contributed by atoms with Gasteiger partial charge < -0.3 is 18.9 Å². The Kier molecular flexibility index (Phi) is 37.9. The molecule has 0 radical (unpaired) electrons. The van der Waals surface area contributed by atoms with Gasteiger partial charge in [0.05, 0.1) is 13.2 Å². The lowest BCUT2D eigenvalue weighted by molar-refractivity contribution is -0.157. The number of benzene rings is 1. The quantitative estimate of drug-likeness (QED) is 0.0499. The smallest absolute Gasteiger partial charge is 0.158 e. The first-order chi connectivity index (χ1) is 31.4. The molecule has 6 heteroatoms. The van der Waals surface area contributed by atoms with Crippen molar-refractivity contribution in [2.45, 2.75) is 214 Å². The maximum atomic E-state index is 5.92. The highest BCUT2D eigenvalue weighted by atomic mass is 35.5. The first-order valence-corrected chi connectivity index (χ1v) is 26.8. The molecule has 0 saturated carbocycles. The van der Waals surface area contributed by atoms with E-state index in [1.807, 2.05) is 11.8 Å². The maximum Gasteiger partial charge on any atom is 0.158 e. The van der Waals surface area contributed by atoms with Crippen LogP contribution in [-0.4, -0.2) is 50.1 Å². The third kappa shape index (κ3) is 35.4. The summed E-state index contributed by atoms with van der Waals surface area (Å²) in [5, 5.41) is 0.456. The standard InChI is InChI=1S/C32H48O2S.C16H28O2.C11H19Cl/c1-6-14-26(2)15-12-16-27(3)23-31(35-30-19-8-7-9-20-30)24-28(4)17-13-18-29(5)25-34-32-21-10-11-22-33-32;1-4-8-14(2)9-7-10-15(3)13-18-16-11-5-6-12-17-16;1-4-6-10(2)7-5-8-11(3)9-12/h7-9,14,16,18-20,24,31-32H,6,10-13,15,17,21-23,25H2,1-5H3;8,10,16H,4-7,9,11-13H2,1-3H3;6,8H,4-5,7,9H2,1-3H3/b26-14+,27-16+,28-24+,29-18+;14-8+,15-10+;10-6+,11-8+. The van der Waals surface area contributed by atoms with Crippen LogP contribution in [0, 0.1) is 0 Å². The average Bonchev–Trinajstić information content (AvgIpc) is 3.29. The largest absolute Gasteiger partial charge is 0.353 e. The molecule has 3 atom stereocenters. The molecular formula is C59H95ClO4S. The van der Waals surface area contributed by atoms with Gasteiger partial charge >= 0.3 is 0 Å². The topological polar surface area (TPSA) is 36.9 Å². The van der Waals surface area contributed by atoms with Crippen molar-refractivity contribution in [3.8, 4) is 0 Å². The van der Waals surface area contributed by atoms with Gasteiger partial charge in [0.1, 0.15) is 0 Å². The molecule has 2 heterocycles. The van der Waals surface area contributed by atoms with Gasteiger partial charge in [-0.25, -0.2) is 0 Å². The molecule has 368 valence electrons. The first-order valence-electron chi connectivity index (χ1n) is 25.4.